The molecule has 0 spiro atoms. The quantitative estimate of drug-likeness (QED) is 0.770. The Hall–Kier alpha value is -1.84. The zero-order chi connectivity index (χ0) is 12.2. The molecule has 0 unspecified atom stereocenters. The van der Waals surface area contributed by atoms with Crippen LogP contribution in [0.2, 0.25) is 0 Å². The Morgan fingerprint density at radius 1 is 1.38 bits per heavy atom. The minimum Gasteiger partial charge on any atom is -0.478 e. The maximum atomic E-state index is 10.8. The summed E-state index contributed by atoms with van der Waals surface area (Å²) in [6, 6.07) is 6.79. The summed E-state index contributed by atoms with van der Waals surface area (Å²) in [6.45, 7) is 2.96. The average molecular weight is 222 g/mol. The molecular formula is C12H14O4. The van der Waals surface area contributed by atoms with E-state index in [4.69, 9.17) is 9.84 Å². The number of carbonyl (C=O) groups excluding carboxylic acids is 1. The van der Waals surface area contributed by atoms with Gasteiger partial charge in [0, 0.05) is 6.42 Å². The van der Waals surface area contributed by atoms with Crippen LogP contribution in [-0.4, -0.2) is 23.0 Å². The van der Waals surface area contributed by atoms with Crippen molar-refractivity contribution in [1.82, 2.24) is 0 Å². The van der Waals surface area contributed by atoms with E-state index in [9.17, 15) is 9.59 Å². The number of carboxylic acids is 1. The first-order chi connectivity index (χ1) is 7.45. The van der Waals surface area contributed by atoms with Crippen LogP contribution in [0.3, 0.4) is 0 Å². The Kier molecular flexibility index (Phi) is 3.66. The van der Waals surface area contributed by atoms with Crippen molar-refractivity contribution in [2.45, 2.75) is 25.9 Å². The third kappa shape index (κ3) is 3.08. The Bertz CT molecular complexity index is 379. The molecule has 1 N–H and O–H groups in total. The third-order valence-corrected chi connectivity index (χ3v) is 2.13. The van der Waals surface area contributed by atoms with Gasteiger partial charge in [-0.15, -0.1) is 0 Å². The van der Waals surface area contributed by atoms with Crippen molar-refractivity contribution >= 4 is 12.3 Å². The number of aldehydes is 1. The standard InChI is InChI=1S/C12H14O4/c1-12(2,11(14)15)16-10-5-3-9(4-6-10)7-8-13/h3-6,8H,7H2,1-2H3,(H,14,15). The second-order valence-electron chi connectivity index (χ2n) is 3.93. The molecule has 1 aromatic carbocycles. The molecule has 0 atom stereocenters. The summed E-state index contributed by atoms with van der Waals surface area (Å²) in [5.74, 6) is -0.550. The first-order valence-corrected chi connectivity index (χ1v) is 4.90. The summed E-state index contributed by atoms with van der Waals surface area (Å²) >= 11 is 0. The largest absolute Gasteiger partial charge is 0.478 e. The predicted molar refractivity (Wildman–Crippen MR) is 58.6 cm³/mol. The molecule has 4 nitrogen and oxygen atoms in total. The highest BCUT2D eigenvalue weighted by Crippen LogP contribution is 2.19. The van der Waals surface area contributed by atoms with Crippen molar-refractivity contribution in [3.8, 4) is 5.75 Å². The summed E-state index contributed by atoms with van der Waals surface area (Å²) < 4.78 is 5.31. The lowest BCUT2D eigenvalue weighted by Crippen LogP contribution is -2.37. The zero-order valence-electron chi connectivity index (χ0n) is 9.27. The van der Waals surface area contributed by atoms with Crippen LogP contribution in [0.15, 0.2) is 24.3 Å². The molecule has 0 aliphatic heterocycles. The molecule has 86 valence electrons. The number of hydrogen-bond donors (Lipinski definition) is 1. The summed E-state index contributed by atoms with van der Waals surface area (Å²) in [5, 5.41) is 8.87. The highest BCUT2D eigenvalue weighted by molar-refractivity contribution is 5.76. The van der Waals surface area contributed by atoms with Gasteiger partial charge in [-0.2, -0.15) is 0 Å². The van der Waals surface area contributed by atoms with Crippen molar-refractivity contribution in [1.29, 1.82) is 0 Å². The molecular weight excluding hydrogens is 208 g/mol. The molecule has 0 aromatic heterocycles. The number of carbonyl (C=O) groups is 2. The van der Waals surface area contributed by atoms with Gasteiger partial charge in [-0.3, -0.25) is 0 Å². The van der Waals surface area contributed by atoms with E-state index in [0.29, 0.717) is 12.2 Å². The lowest BCUT2D eigenvalue weighted by molar-refractivity contribution is -0.152. The van der Waals surface area contributed by atoms with E-state index in [1.807, 2.05) is 0 Å². The van der Waals surface area contributed by atoms with E-state index in [1.54, 1.807) is 24.3 Å². The number of hydrogen-bond acceptors (Lipinski definition) is 3. The molecule has 0 saturated carbocycles. The summed E-state index contributed by atoms with van der Waals surface area (Å²) in [4.78, 5) is 21.1. The van der Waals surface area contributed by atoms with E-state index < -0.39 is 11.6 Å². The van der Waals surface area contributed by atoms with Crippen molar-refractivity contribution in [3.05, 3.63) is 29.8 Å². The van der Waals surface area contributed by atoms with Gasteiger partial charge in [0.25, 0.3) is 0 Å². The van der Waals surface area contributed by atoms with Gasteiger partial charge in [0.05, 0.1) is 0 Å². The molecule has 1 rings (SSSR count). The van der Waals surface area contributed by atoms with Crippen LogP contribution in [0.4, 0.5) is 0 Å². The maximum absolute atomic E-state index is 10.8. The minimum absolute atomic E-state index is 0.350. The third-order valence-electron chi connectivity index (χ3n) is 2.13. The number of aliphatic carboxylic acids is 1. The molecule has 0 aliphatic carbocycles. The summed E-state index contributed by atoms with van der Waals surface area (Å²) in [5.41, 5.74) is -0.387. The number of rotatable bonds is 5. The Morgan fingerprint density at radius 3 is 2.38 bits per heavy atom. The van der Waals surface area contributed by atoms with Crippen molar-refractivity contribution in [2.75, 3.05) is 0 Å². The SMILES string of the molecule is CC(C)(Oc1ccc(CC=O)cc1)C(=O)O. The predicted octanol–water partition coefficient (Wildman–Crippen LogP) is 1.67. The van der Waals surface area contributed by atoms with Gasteiger partial charge >= 0.3 is 5.97 Å². The van der Waals surface area contributed by atoms with Crippen LogP contribution in [0.5, 0.6) is 5.75 Å². The highest BCUT2D eigenvalue weighted by Gasteiger charge is 2.29. The molecule has 0 radical (unpaired) electrons. The Labute approximate surface area is 93.9 Å². The molecule has 0 saturated heterocycles. The second-order valence-corrected chi connectivity index (χ2v) is 3.93. The second kappa shape index (κ2) is 4.79. The van der Waals surface area contributed by atoms with Crippen LogP contribution in [-0.2, 0) is 16.0 Å². The molecule has 0 aliphatic rings. The van der Waals surface area contributed by atoms with Crippen LogP contribution in [0, 0.1) is 0 Å². The van der Waals surface area contributed by atoms with Gasteiger partial charge < -0.3 is 14.6 Å². The van der Waals surface area contributed by atoms with E-state index in [0.717, 1.165) is 11.8 Å². The molecule has 0 bridgehead atoms. The number of benzene rings is 1. The molecule has 4 heteroatoms. The van der Waals surface area contributed by atoms with Crippen molar-refractivity contribution < 1.29 is 19.4 Å². The van der Waals surface area contributed by atoms with Crippen LogP contribution >= 0.6 is 0 Å². The number of carboxylic acid groups (broad SMARTS) is 1. The summed E-state index contributed by atoms with van der Waals surface area (Å²) in [7, 11) is 0. The summed E-state index contributed by atoms with van der Waals surface area (Å²) in [6.07, 6.45) is 1.17. The fourth-order valence-electron chi connectivity index (χ4n) is 1.13. The lowest BCUT2D eigenvalue weighted by atomic mass is 10.1. The molecule has 16 heavy (non-hydrogen) atoms. The van der Waals surface area contributed by atoms with Crippen LogP contribution in [0.25, 0.3) is 0 Å². The van der Waals surface area contributed by atoms with Gasteiger partial charge in [-0.1, -0.05) is 12.1 Å². The van der Waals surface area contributed by atoms with Gasteiger partial charge in [0.2, 0.25) is 0 Å². The van der Waals surface area contributed by atoms with E-state index in [1.165, 1.54) is 13.8 Å². The maximum Gasteiger partial charge on any atom is 0.347 e. The minimum atomic E-state index is -1.26. The van der Waals surface area contributed by atoms with Crippen LogP contribution in [0.1, 0.15) is 19.4 Å². The molecule has 0 amide bonds. The smallest absolute Gasteiger partial charge is 0.347 e. The van der Waals surface area contributed by atoms with E-state index >= 15 is 0 Å². The average Bonchev–Trinajstić information content (AvgIpc) is 2.21. The van der Waals surface area contributed by atoms with Crippen molar-refractivity contribution in [2.24, 2.45) is 0 Å². The van der Waals surface area contributed by atoms with E-state index in [2.05, 4.69) is 0 Å². The zero-order valence-corrected chi connectivity index (χ0v) is 9.27. The molecule has 1 aromatic rings. The topological polar surface area (TPSA) is 63.6 Å². The number of ether oxygens (including phenoxy) is 1. The Balaban J connectivity index is 2.75. The normalized spacial score (nSPS) is 10.9. The van der Waals surface area contributed by atoms with Gasteiger partial charge in [0.15, 0.2) is 5.60 Å². The van der Waals surface area contributed by atoms with Gasteiger partial charge in [0.1, 0.15) is 12.0 Å². The lowest BCUT2D eigenvalue weighted by Gasteiger charge is -2.21. The first-order valence-electron chi connectivity index (χ1n) is 4.90. The van der Waals surface area contributed by atoms with Crippen molar-refractivity contribution in [3.63, 3.8) is 0 Å². The monoisotopic (exact) mass is 222 g/mol. The first kappa shape index (κ1) is 12.2. The fraction of sp³-hybridized carbons (Fsp3) is 0.333. The molecule has 0 heterocycles. The van der Waals surface area contributed by atoms with E-state index in [-0.39, 0.29) is 0 Å². The Morgan fingerprint density at radius 2 is 1.94 bits per heavy atom. The van der Waals surface area contributed by atoms with Gasteiger partial charge in [-0.25, -0.2) is 4.79 Å². The molecule has 0 fully saturated rings. The van der Waals surface area contributed by atoms with Crippen LogP contribution < -0.4 is 4.74 Å². The highest BCUT2D eigenvalue weighted by atomic mass is 16.5. The van der Waals surface area contributed by atoms with Gasteiger partial charge in [-0.05, 0) is 31.5 Å². The fourth-order valence-corrected chi connectivity index (χ4v) is 1.13.